The molecule has 0 saturated heterocycles. The minimum Gasteiger partial charge on any atom is -0.398 e. The number of nitrogens with one attached hydrogen (secondary N) is 2. The third kappa shape index (κ3) is 6.33. The highest BCUT2D eigenvalue weighted by atomic mass is 16.1. The van der Waals surface area contributed by atoms with E-state index in [-0.39, 0.29) is 11.5 Å². The molecular weight excluding hydrogens is 665 g/mol. The van der Waals surface area contributed by atoms with Gasteiger partial charge in [0.2, 0.25) is 0 Å². The number of rotatable bonds is 14. The summed E-state index contributed by atoms with van der Waals surface area (Å²) in [5, 5.41) is 19.8. The average molecular weight is 713 g/mol. The van der Waals surface area contributed by atoms with Gasteiger partial charge in [0.15, 0.2) is 5.78 Å². The van der Waals surface area contributed by atoms with Crippen molar-refractivity contribution >= 4 is 83.1 Å². The van der Waals surface area contributed by atoms with E-state index in [9.17, 15) is 0 Å². The molecule has 1 unspecified atom stereocenters. The van der Waals surface area contributed by atoms with Gasteiger partial charge in [0.05, 0.1) is 12.5 Å². The molecule has 272 valence electrons. The van der Waals surface area contributed by atoms with Gasteiger partial charge in [0, 0.05) is 64.3 Å². The molecule has 0 heterocycles. The molecule has 6 aromatic rings. The van der Waals surface area contributed by atoms with Crippen LogP contribution in [0.15, 0.2) is 96.2 Å². The number of anilines is 4. The Morgan fingerprint density at radius 2 is 1.33 bits per heavy atom. The molecule has 7 rings (SSSR count). The summed E-state index contributed by atoms with van der Waals surface area (Å²) in [5.41, 5.74) is 19.0. The number of Topliss-reactive ketones (excluding diaryl/α,β-unsaturated/α-hetero) is 1. The number of carbonyl (C=O) groups is 1. The number of benzene rings is 6. The number of hydrogen-bond donors (Lipinski definition) is 4. The summed E-state index contributed by atoms with van der Waals surface area (Å²) in [4.78, 5) is 21.2. The molecule has 0 spiro atoms. The zero-order chi connectivity index (χ0) is 37.9. The summed E-state index contributed by atoms with van der Waals surface area (Å²) in [5.74, 6) is 1.36. The normalized spacial score (nSPS) is 14.0. The van der Waals surface area contributed by atoms with Gasteiger partial charge in [0.25, 0.3) is 5.70 Å². The van der Waals surface area contributed by atoms with Gasteiger partial charge >= 0.3 is 0 Å². The predicted octanol–water partition coefficient (Wildman–Crippen LogP) is 11.3. The third-order valence-corrected chi connectivity index (χ3v) is 10.9. The number of ketones is 1. The number of carbonyl (C=O) groups excluding carboxylic acids is 1. The zero-order valence-corrected chi connectivity index (χ0v) is 31.5. The van der Waals surface area contributed by atoms with E-state index in [4.69, 9.17) is 23.4 Å². The summed E-state index contributed by atoms with van der Waals surface area (Å²) in [6, 6.07) is 28.9. The molecule has 7 nitrogen and oxygen atoms in total. The van der Waals surface area contributed by atoms with Gasteiger partial charge in [-0.1, -0.05) is 88.6 Å². The zero-order valence-electron chi connectivity index (χ0n) is 31.5. The van der Waals surface area contributed by atoms with E-state index in [1.807, 2.05) is 36.4 Å². The quantitative estimate of drug-likeness (QED) is 0.0295. The van der Waals surface area contributed by atoms with Crippen LogP contribution in [0.4, 0.5) is 22.7 Å². The standard InChI is InChI=1S/C47H48N6O/c1-5-8-19-52-39-26-37(49)42(35-24-31-17-13-11-15-29(31)22-33(35)39)45-44(40(28-48)51-4)46(47(45)54)43-36-25-32-18-14-12-16-30(32)23-34(36)41(27-38(43)50)53(20-9-6-2)21-10-7-3/h11-18,22-27,46,48,52H,5-10,19-21,49-50H2,1-3H3. The first-order chi connectivity index (χ1) is 26.3. The second-order valence-corrected chi connectivity index (χ2v) is 14.4. The maximum Gasteiger partial charge on any atom is 0.251 e. The number of nitrogens with zero attached hydrogens (tertiary/aromatic N) is 2. The highest BCUT2D eigenvalue weighted by Gasteiger charge is 2.45. The van der Waals surface area contributed by atoms with Crippen LogP contribution in [0.25, 0.3) is 53.5 Å². The van der Waals surface area contributed by atoms with Crippen molar-refractivity contribution in [1.29, 1.82) is 5.41 Å². The van der Waals surface area contributed by atoms with Gasteiger partial charge in [0.1, 0.15) is 0 Å². The second kappa shape index (κ2) is 15.5. The molecule has 0 radical (unpaired) electrons. The van der Waals surface area contributed by atoms with Crippen LogP contribution in [-0.2, 0) is 4.79 Å². The highest BCUT2D eigenvalue weighted by Crippen LogP contribution is 2.55. The molecule has 54 heavy (non-hydrogen) atoms. The van der Waals surface area contributed by atoms with Gasteiger partial charge in [-0.25, -0.2) is 4.85 Å². The largest absolute Gasteiger partial charge is 0.398 e. The summed E-state index contributed by atoms with van der Waals surface area (Å²) in [7, 11) is 0. The van der Waals surface area contributed by atoms with Crippen LogP contribution >= 0.6 is 0 Å². The van der Waals surface area contributed by atoms with Crippen LogP contribution in [0.3, 0.4) is 0 Å². The lowest BCUT2D eigenvalue weighted by Gasteiger charge is -2.36. The molecule has 6 aromatic carbocycles. The average Bonchev–Trinajstić information content (AvgIpc) is 3.19. The van der Waals surface area contributed by atoms with E-state index in [2.05, 4.69) is 90.2 Å². The third-order valence-electron chi connectivity index (χ3n) is 10.9. The van der Waals surface area contributed by atoms with E-state index in [0.29, 0.717) is 33.6 Å². The van der Waals surface area contributed by atoms with E-state index in [1.54, 1.807) is 0 Å². The molecule has 0 bridgehead atoms. The predicted molar refractivity (Wildman–Crippen MR) is 230 cm³/mol. The van der Waals surface area contributed by atoms with Crippen molar-refractivity contribution in [3.05, 3.63) is 119 Å². The molecule has 0 aromatic heterocycles. The first-order valence-electron chi connectivity index (χ1n) is 19.3. The molecule has 0 saturated carbocycles. The Bertz CT molecular complexity index is 2560. The molecule has 7 heteroatoms. The summed E-state index contributed by atoms with van der Waals surface area (Å²) < 4.78 is 0. The molecule has 1 aliphatic carbocycles. The number of allylic oxidation sites excluding steroid dienone is 2. The molecule has 0 fully saturated rings. The number of hydrogen-bond acceptors (Lipinski definition) is 6. The van der Waals surface area contributed by atoms with E-state index in [0.717, 1.165) is 113 Å². The van der Waals surface area contributed by atoms with Gasteiger partial charge in [-0.15, -0.1) is 0 Å². The maximum atomic E-state index is 15.0. The minimum absolute atomic E-state index is 0.0157. The Hall–Kier alpha value is -6.09. The summed E-state index contributed by atoms with van der Waals surface area (Å²) >= 11 is 0. The van der Waals surface area contributed by atoms with Crippen molar-refractivity contribution in [3.63, 3.8) is 0 Å². The lowest BCUT2D eigenvalue weighted by atomic mass is 9.66. The first-order valence-corrected chi connectivity index (χ1v) is 19.3. The van der Waals surface area contributed by atoms with Crippen LogP contribution in [0, 0.1) is 12.0 Å². The van der Waals surface area contributed by atoms with Crippen molar-refractivity contribution in [2.45, 2.75) is 65.2 Å². The Morgan fingerprint density at radius 1 is 0.778 bits per heavy atom. The van der Waals surface area contributed by atoms with Crippen molar-refractivity contribution in [2.24, 2.45) is 0 Å². The van der Waals surface area contributed by atoms with Crippen LogP contribution in [0.1, 0.15) is 76.3 Å². The fourth-order valence-electron chi connectivity index (χ4n) is 8.14. The van der Waals surface area contributed by atoms with Crippen LogP contribution in [0.5, 0.6) is 0 Å². The lowest BCUT2D eigenvalue weighted by Crippen LogP contribution is -2.31. The summed E-state index contributed by atoms with van der Waals surface area (Å²) in [6.45, 7) is 17.3. The first kappa shape index (κ1) is 36.3. The molecule has 1 aliphatic rings. The topological polar surface area (TPSA) is 113 Å². The molecule has 0 amide bonds. The molecule has 6 N–H and O–H groups in total. The molecular formula is C47H48N6O. The monoisotopic (exact) mass is 712 g/mol. The van der Waals surface area contributed by atoms with Gasteiger partial charge in [-0.3, -0.25) is 10.2 Å². The fraction of sp³-hybridized carbons (Fsp3) is 0.277. The number of nitrogen functional groups attached to an aromatic ring is 2. The Kier molecular flexibility index (Phi) is 10.4. The Morgan fingerprint density at radius 3 is 1.89 bits per heavy atom. The van der Waals surface area contributed by atoms with Crippen molar-refractivity contribution in [1.82, 2.24) is 0 Å². The molecule has 1 atom stereocenters. The lowest BCUT2D eigenvalue weighted by molar-refractivity contribution is -0.115. The highest BCUT2D eigenvalue weighted by molar-refractivity contribution is 6.38. The van der Waals surface area contributed by atoms with Crippen molar-refractivity contribution in [3.8, 4) is 0 Å². The van der Waals surface area contributed by atoms with Gasteiger partial charge in [-0.2, -0.15) is 0 Å². The van der Waals surface area contributed by atoms with Crippen LogP contribution < -0.4 is 21.7 Å². The Balaban J connectivity index is 1.51. The SMILES string of the molecule is [C-]#[N+]C(=C=N)C1=C(c2c(N)cc(NCCCC)c3cc4ccccc4cc23)C(=O)C1c1c(N)cc(N(CCCC)CCCC)c2cc3ccccc3cc12. The Labute approximate surface area is 317 Å². The maximum absolute atomic E-state index is 15.0. The number of fused-ring (bicyclic) bond motifs is 4. The second-order valence-electron chi connectivity index (χ2n) is 14.4. The van der Waals surface area contributed by atoms with E-state index in [1.165, 1.54) is 0 Å². The number of unbranched alkanes of at least 4 members (excludes halogenated alkanes) is 3. The van der Waals surface area contributed by atoms with Gasteiger partial charge in [-0.05, 0) is 105 Å². The number of nitrogens with two attached hydrogens (primary N) is 2. The smallest absolute Gasteiger partial charge is 0.251 e. The van der Waals surface area contributed by atoms with E-state index >= 15 is 4.79 Å². The van der Waals surface area contributed by atoms with Gasteiger partial charge < -0.3 is 21.7 Å². The summed E-state index contributed by atoms with van der Waals surface area (Å²) in [6.07, 6.45) is 6.30. The van der Waals surface area contributed by atoms with Crippen LogP contribution in [-0.4, -0.2) is 31.3 Å². The van der Waals surface area contributed by atoms with Crippen LogP contribution in [0.2, 0.25) is 0 Å². The van der Waals surface area contributed by atoms with Crippen molar-refractivity contribution in [2.75, 3.05) is 41.3 Å². The minimum atomic E-state index is -0.864. The fourth-order valence-corrected chi connectivity index (χ4v) is 8.14. The molecule has 0 aliphatic heterocycles. The van der Waals surface area contributed by atoms with Crippen molar-refractivity contribution < 1.29 is 4.79 Å². The van der Waals surface area contributed by atoms with E-state index < -0.39 is 5.92 Å².